The molecule has 0 spiro atoms. The summed E-state index contributed by atoms with van der Waals surface area (Å²) in [5.41, 5.74) is 2.19. The number of carbonyl (C=O) groups is 1. The van der Waals surface area contributed by atoms with Gasteiger partial charge in [-0.1, -0.05) is 30.3 Å². The normalized spacial score (nSPS) is 17.9. The van der Waals surface area contributed by atoms with Crippen LogP contribution in [-0.2, 0) is 11.2 Å². The quantitative estimate of drug-likeness (QED) is 0.580. The van der Waals surface area contributed by atoms with Crippen molar-refractivity contribution in [2.24, 2.45) is 5.92 Å². The van der Waals surface area contributed by atoms with Gasteiger partial charge in [-0.2, -0.15) is 0 Å². The summed E-state index contributed by atoms with van der Waals surface area (Å²) in [6.07, 6.45) is 8.97. The van der Waals surface area contributed by atoms with Gasteiger partial charge in [-0.3, -0.25) is 4.79 Å². The van der Waals surface area contributed by atoms with Crippen LogP contribution in [0.3, 0.4) is 0 Å². The fourth-order valence-corrected chi connectivity index (χ4v) is 4.85. The lowest BCUT2D eigenvalue weighted by Crippen LogP contribution is -2.38. The number of aryl methyl sites for hydroxylation is 1. The molecule has 1 N–H and O–H groups in total. The third kappa shape index (κ3) is 6.26. The number of hydrogen-bond acceptors (Lipinski definition) is 4. The molecule has 2 fully saturated rings. The molecule has 4 rings (SSSR count). The van der Waals surface area contributed by atoms with E-state index in [9.17, 15) is 4.79 Å². The zero-order chi connectivity index (χ0) is 22.2. The van der Waals surface area contributed by atoms with Crippen LogP contribution in [0.25, 0.3) is 0 Å². The van der Waals surface area contributed by atoms with E-state index in [0.717, 1.165) is 75.3 Å². The number of amides is 1. The molecule has 0 aromatic heterocycles. The number of anilines is 1. The number of benzene rings is 2. The second-order valence-electron chi connectivity index (χ2n) is 9.08. The smallest absolute Gasteiger partial charge is 0.227 e. The molecule has 2 aliphatic rings. The fourth-order valence-electron chi connectivity index (χ4n) is 4.85. The first-order valence-electron chi connectivity index (χ1n) is 12.1. The maximum absolute atomic E-state index is 12.9. The van der Waals surface area contributed by atoms with Crippen LogP contribution in [-0.4, -0.2) is 43.7 Å². The summed E-state index contributed by atoms with van der Waals surface area (Å²) >= 11 is 0. The molecule has 2 aromatic rings. The van der Waals surface area contributed by atoms with Crippen LogP contribution in [0.1, 0.15) is 50.5 Å². The summed E-state index contributed by atoms with van der Waals surface area (Å²) in [6.45, 7) is 3.08. The lowest BCUT2D eigenvalue weighted by atomic mass is 9.95. The van der Waals surface area contributed by atoms with Crippen molar-refractivity contribution < 1.29 is 14.3 Å². The van der Waals surface area contributed by atoms with Crippen molar-refractivity contribution in [3.05, 3.63) is 54.1 Å². The van der Waals surface area contributed by atoms with Crippen molar-refractivity contribution >= 4 is 11.6 Å². The molecule has 5 nitrogen and oxygen atoms in total. The Kier molecular flexibility index (Phi) is 8.05. The van der Waals surface area contributed by atoms with Crippen molar-refractivity contribution in [1.82, 2.24) is 4.90 Å². The van der Waals surface area contributed by atoms with Gasteiger partial charge in [-0.25, -0.2) is 0 Å². The van der Waals surface area contributed by atoms with E-state index in [-0.39, 0.29) is 17.9 Å². The minimum atomic E-state index is 0.0710. The first-order valence-corrected chi connectivity index (χ1v) is 12.1. The lowest BCUT2D eigenvalue weighted by Gasteiger charge is -2.31. The van der Waals surface area contributed by atoms with Crippen LogP contribution in [0.15, 0.2) is 48.5 Å². The summed E-state index contributed by atoms with van der Waals surface area (Å²) < 4.78 is 11.6. The van der Waals surface area contributed by atoms with E-state index < -0.39 is 0 Å². The van der Waals surface area contributed by atoms with E-state index in [1.165, 1.54) is 18.4 Å². The van der Waals surface area contributed by atoms with Crippen molar-refractivity contribution in [3.63, 3.8) is 0 Å². The Hall–Kier alpha value is -2.53. The first kappa shape index (κ1) is 22.7. The van der Waals surface area contributed by atoms with E-state index in [4.69, 9.17) is 9.47 Å². The molecule has 0 radical (unpaired) electrons. The molecule has 1 aliphatic carbocycles. The largest absolute Gasteiger partial charge is 0.493 e. The minimum Gasteiger partial charge on any atom is -0.493 e. The number of nitrogens with zero attached hydrogens (tertiary/aromatic N) is 1. The van der Waals surface area contributed by atoms with E-state index in [1.54, 1.807) is 7.11 Å². The summed E-state index contributed by atoms with van der Waals surface area (Å²) in [5, 5.41) is 3.11. The monoisotopic (exact) mass is 436 g/mol. The molecule has 1 saturated carbocycles. The molecule has 0 bridgehead atoms. The van der Waals surface area contributed by atoms with Gasteiger partial charge < -0.3 is 19.7 Å². The summed E-state index contributed by atoms with van der Waals surface area (Å²) in [7, 11) is 1.66. The number of likely N-dealkylation sites (tertiary alicyclic amines) is 1. The van der Waals surface area contributed by atoms with Gasteiger partial charge in [0.05, 0.1) is 13.2 Å². The van der Waals surface area contributed by atoms with Crippen LogP contribution in [0.4, 0.5) is 5.69 Å². The van der Waals surface area contributed by atoms with Gasteiger partial charge in [0, 0.05) is 17.7 Å². The van der Waals surface area contributed by atoms with Crippen LogP contribution in [0.2, 0.25) is 0 Å². The molecule has 5 heteroatoms. The number of hydrogen-bond donors (Lipinski definition) is 1. The number of piperidine rings is 1. The zero-order valence-corrected chi connectivity index (χ0v) is 19.2. The highest BCUT2D eigenvalue weighted by molar-refractivity contribution is 5.93. The number of carbonyl (C=O) groups excluding carboxylic acids is 1. The van der Waals surface area contributed by atoms with E-state index in [1.807, 2.05) is 18.2 Å². The molecule has 2 aromatic carbocycles. The highest BCUT2D eigenvalue weighted by atomic mass is 16.5. The Labute approximate surface area is 192 Å². The van der Waals surface area contributed by atoms with Crippen LogP contribution in [0.5, 0.6) is 11.5 Å². The third-order valence-electron chi connectivity index (χ3n) is 6.77. The Morgan fingerprint density at radius 1 is 1.00 bits per heavy atom. The van der Waals surface area contributed by atoms with Crippen molar-refractivity contribution in [2.75, 3.05) is 32.1 Å². The molecular formula is C27H36N2O3. The SMILES string of the molecule is COc1ccc(NC(=O)C2CCN(CCCc3ccccc3)CC2)cc1OC1CCCC1. The Balaban J connectivity index is 1.23. The number of rotatable bonds is 9. The highest BCUT2D eigenvalue weighted by Crippen LogP contribution is 2.34. The fraction of sp³-hybridized carbons (Fsp3) is 0.519. The maximum Gasteiger partial charge on any atom is 0.227 e. The molecule has 0 atom stereocenters. The minimum absolute atomic E-state index is 0.0710. The predicted molar refractivity (Wildman–Crippen MR) is 128 cm³/mol. The van der Waals surface area contributed by atoms with E-state index in [2.05, 4.69) is 40.5 Å². The number of methoxy groups -OCH3 is 1. The van der Waals surface area contributed by atoms with Crippen LogP contribution >= 0.6 is 0 Å². The topological polar surface area (TPSA) is 50.8 Å². The molecular weight excluding hydrogens is 400 g/mol. The summed E-state index contributed by atoms with van der Waals surface area (Å²) in [4.78, 5) is 15.4. The highest BCUT2D eigenvalue weighted by Gasteiger charge is 2.25. The third-order valence-corrected chi connectivity index (χ3v) is 6.77. The van der Waals surface area contributed by atoms with Crippen LogP contribution in [0, 0.1) is 5.92 Å². The van der Waals surface area contributed by atoms with E-state index in [0.29, 0.717) is 0 Å². The second-order valence-corrected chi connectivity index (χ2v) is 9.08. The molecule has 1 aliphatic heterocycles. The summed E-state index contributed by atoms with van der Waals surface area (Å²) in [5.74, 6) is 1.64. The van der Waals surface area contributed by atoms with Gasteiger partial charge in [0.15, 0.2) is 11.5 Å². The van der Waals surface area contributed by atoms with Crippen molar-refractivity contribution in [1.29, 1.82) is 0 Å². The Morgan fingerprint density at radius 2 is 1.75 bits per heavy atom. The molecule has 1 amide bonds. The zero-order valence-electron chi connectivity index (χ0n) is 19.2. The van der Waals surface area contributed by atoms with Gasteiger partial charge in [0.25, 0.3) is 0 Å². The average Bonchev–Trinajstić information content (AvgIpc) is 3.33. The molecule has 0 unspecified atom stereocenters. The number of nitrogens with one attached hydrogen (secondary N) is 1. The van der Waals surface area contributed by atoms with E-state index >= 15 is 0 Å². The van der Waals surface area contributed by atoms with Crippen molar-refractivity contribution in [3.8, 4) is 11.5 Å². The lowest BCUT2D eigenvalue weighted by molar-refractivity contribution is -0.121. The molecule has 32 heavy (non-hydrogen) atoms. The van der Waals surface area contributed by atoms with Gasteiger partial charge in [-0.05, 0) is 88.7 Å². The van der Waals surface area contributed by atoms with Crippen molar-refractivity contribution in [2.45, 2.75) is 57.5 Å². The standard InChI is InChI=1S/C27H36N2O3/c1-31-25-14-13-23(20-26(25)32-24-11-5-6-12-24)28-27(30)22-15-18-29(19-16-22)17-7-10-21-8-3-2-4-9-21/h2-4,8-9,13-14,20,22,24H,5-7,10-12,15-19H2,1H3,(H,28,30). The molecule has 1 heterocycles. The second kappa shape index (κ2) is 11.4. The Bertz CT molecular complexity index is 856. The maximum atomic E-state index is 12.9. The first-order chi connectivity index (χ1) is 15.7. The Morgan fingerprint density at radius 3 is 2.47 bits per heavy atom. The predicted octanol–water partition coefficient (Wildman–Crippen LogP) is 5.30. The van der Waals surface area contributed by atoms with Crippen LogP contribution < -0.4 is 14.8 Å². The summed E-state index contributed by atoms with van der Waals surface area (Å²) in [6, 6.07) is 16.4. The van der Waals surface area contributed by atoms with Gasteiger partial charge in [0.1, 0.15) is 0 Å². The molecule has 1 saturated heterocycles. The van der Waals surface area contributed by atoms with Gasteiger partial charge >= 0.3 is 0 Å². The average molecular weight is 437 g/mol. The number of ether oxygens (including phenoxy) is 2. The van der Waals surface area contributed by atoms with Gasteiger partial charge in [0.2, 0.25) is 5.91 Å². The molecule has 172 valence electrons. The van der Waals surface area contributed by atoms with Gasteiger partial charge in [-0.15, -0.1) is 0 Å².